The van der Waals surface area contributed by atoms with Gasteiger partial charge < -0.3 is 29.2 Å². The highest BCUT2D eigenvalue weighted by Crippen LogP contribution is 2.46. The Bertz CT molecular complexity index is 1100. The molecule has 1 aliphatic heterocycles. The first-order valence-corrected chi connectivity index (χ1v) is 11.0. The number of ether oxygens (including phenoxy) is 4. The van der Waals surface area contributed by atoms with E-state index in [-0.39, 0.29) is 41.2 Å². The number of amides is 2. The van der Waals surface area contributed by atoms with Gasteiger partial charge in [0.05, 0.1) is 39.8 Å². The largest absolute Gasteiger partial charge is 0.496 e. The predicted octanol–water partition coefficient (Wildman–Crippen LogP) is 2.59. The highest BCUT2D eigenvalue weighted by atomic mass is 16.6. The molecular weight excluding hydrogens is 458 g/mol. The number of nitro benzene ring substituents is 1. The third-order valence-corrected chi connectivity index (χ3v) is 5.95. The minimum atomic E-state index is -0.686. The van der Waals surface area contributed by atoms with E-state index in [4.69, 9.17) is 18.9 Å². The molecule has 35 heavy (non-hydrogen) atoms. The minimum Gasteiger partial charge on any atom is -0.496 e. The maximum absolute atomic E-state index is 13.0. The fourth-order valence-electron chi connectivity index (χ4n) is 4.16. The fourth-order valence-corrected chi connectivity index (χ4v) is 4.16. The summed E-state index contributed by atoms with van der Waals surface area (Å²) in [6.07, 6.45) is 1.25. The van der Waals surface area contributed by atoms with Gasteiger partial charge in [0.15, 0.2) is 5.75 Å². The number of benzene rings is 2. The molecule has 0 spiro atoms. The summed E-state index contributed by atoms with van der Waals surface area (Å²) in [5, 5.41) is 14.6. The summed E-state index contributed by atoms with van der Waals surface area (Å²) >= 11 is 0. The zero-order valence-corrected chi connectivity index (χ0v) is 20.2. The SMILES string of the molecule is COc1ccccc1CC(=O)N1CCC(NC(=O)c2cc(OC)c(OC)c(OC)c2[N+](=O)[O-])CC1. The van der Waals surface area contributed by atoms with Crippen molar-refractivity contribution in [2.75, 3.05) is 41.5 Å². The Kier molecular flexibility index (Phi) is 8.34. The zero-order chi connectivity index (χ0) is 25.5. The molecule has 0 bridgehead atoms. The highest BCUT2D eigenvalue weighted by molar-refractivity contribution is 6.00. The van der Waals surface area contributed by atoms with E-state index < -0.39 is 16.5 Å². The first-order chi connectivity index (χ1) is 16.8. The highest BCUT2D eigenvalue weighted by Gasteiger charge is 2.34. The molecule has 1 fully saturated rings. The Hall–Kier alpha value is -4.02. The number of carbonyl (C=O) groups excluding carboxylic acids is 2. The average Bonchev–Trinajstić information content (AvgIpc) is 2.87. The van der Waals surface area contributed by atoms with E-state index in [1.165, 1.54) is 27.4 Å². The van der Waals surface area contributed by atoms with E-state index in [1.807, 2.05) is 24.3 Å². The van der Waals surface area contributed by atoms with Crippen molar-refractivity contribution in [3.8, 4) is 23.0 Å². The smallest absolute Gasteiger partial charge is 0.327 e. The normalized spacial score (nSPS) is 13.7. The Balaban J connectivity index is 1.69. The number of piperidine rings is 1. The molecule has 1 saturated heterocycles. The van der Waals surface area contributed by atoms with Gasteiger partial charge in [0.2, 0.25) is 17.4 Å². The molecule has 11 nitrogen and oxygen atoms in total. The lowest BCUT2D eigenvalue weighted by Crippen LogP contribution is -2.47. The van der Waals surface area contributed by atoms with E-state index in [9.17, 15) is 19.7 Å². The van der Waals surface area contributed by atoms with Crippen LogP contribution in [0.15, 0.2) is 30.3 Å². The van der Waals surface area contributed by atoms with Crippen LogP contribution in [0.1, 0.15) is 28.8 Å². The second kappa shape index (κ2) is 11.4. The van der Waals surface area contributed by atoms with Gasteiger partial charge in [-0.15, -0.1) is 0 Å². The van der Waals surface area contributed by atoms with Crippen LogP contribution in [0.3, 0.4) is 0 Å². The molecule has 2 aromatic rings. The van der Waals surface area contributed by atoms with Crippen LogP contribution in [0.2, 0.25) is 0 Å². The standard InChI is InChI=1S/C24H29N3O8/c1-32-18-8-6-5-7-15(18)13-20(28)26-11-9-16(10-12-26)25-24(29)17-14-19(33-2)22(34-3)23(35-4)21(17)27(30)31/h5-8,14,16H,9-13H2,1-4H3,(H,25,29). The number of methoxy groups -OCH3 is 4. The van der Waals surface area contributed by atoms with Gasteiger partial charge in [-0.1, -0.05) is 18.2 Å². The molecule has 1 N–H and O–H groups in total. The fraction of sp³-hybridized carbons (Fsp3) is 0.417. The molecule has 0 unspecified atom stereocenters. The van der Waals surface area contributed by atoms with Crippen LogP contribution in [0.5, 0.6) is 23.0 Å². The number of likely N-dealkylation sites (tertiary alicyclic amines) is 1. The van der Waals surface area contributed by atoms with Crippen LogP contribution in [0.4, 0.5) is 5.69 Å². The van der Waals surface area contributed by atoms with E-state index >= 15 is 0 Å². The minimum absolute atomic E-state index is 0.0279. The van der Waals surface area contributed by atoms with Crippen LogP contribution in [-0.4, -0.2) is 69.2 Å². The predicted molar refractivity (Wildman–Crippen MR) is 127 cm³/mol. The van der Waals surface area contributed by atoms with Crippen molar-refractivity contribution in [2.45, 2.75) is 25.3 Å². The van der Waals surface area contributed by atoms with E-state index in [1.54, 1.807) is 12.0 Å². The van der Waals surface area contributed by atoms with Crippen molar-refractivity contribution in [2.24, 2.45) is 0 Å². The summed E-state index contributed by atoms with van der Waals surface area (Å²) < 4.78 is 20.9. The molecule has 2 aromatic carbocycles. The number of hydrogen-bond donors (Lipinski definition) is 1. The third kappa shape index (κ3) is 5.56. The summed E-state index contributed by atoms with van der Waals surface area (Å²) in [6.45, 7) is 0.909. The lowest BCUT2D eigenvalue weighted by Gasteiger charge is -2.32. The van der Waals surface area contributed by atoms with Gasteiger partial charge in [-0.3, -0.25) is 19.7 Å². The zero-order valence-electron chi connectivity index (χ0n) is 20.2. The molecule has 0 atom stereocenters. The van der Waals surface area contributed by atoms with Gasteiger partial charge in [-0.2, -0.15) is 0 Å². The van der Waals surface area contributed by atoms with Crippen molar-refractivity contribution in [3.05, 3.63) is 51.6 Å². The molecule has 11 heteroatoms. The van der Waals surface area contributed by atoms with Crippen LogP contribution in [-0.2, 0) is 11.2 Å². The van der Waals surface area contributed by atoms with Gasteiger partial charge in [0.25, 0.3) is 5.91 Å². The van der Waals surface area contributed by atoms with E-state index in [0.29, 0.717) is 31.7 Å². The topological polar surface area (TPSA) is 129 Å². The Labute approximate surface area is 203 Å². The molecule has 0 aromatic heterocycles. The van der Waals surface area contributed by atoms with Crippen LogP contribution in [0, 0.1) is 10.1 Å². The summed E-state index contributed by atoms with van der Waals surface area (Å²) in [7, 11) is 5.51. The first-order valence-electron chi connectivity index (χ1n) is 11.0. The van der Waals surface area contributed by atoms with Gasteiger partial charge >= 0.3 is 5.69 Å². The summed E-state index contributed by atoms with van der Waals surface area (Å²) in [6, 6.07) is 8.38. The molecule has 0 saturated carbocycles. The quantitative estimate of drug-likeness (QED) is 0.422. The number of nitrogens with zero attached hydrogens (tertiary/aromatic N) is 2. The summed E-state index contributed by atoms with van der Waals surface area (Å²) in [5.41, 5.74) is 0.108. The van der Waals surface area contributed by atoms with Crippen molar-refractivity contribution < 1.29 is 33.5 Å². The number of nitro groups is 1. The average molecular weight is 488 g/mol. The number of rotatable bonds is 9. The van der Waals surface area contributed by atoms with Gasteiger partial charge in [-0.25, -0.2) is 0 Å². The maximum atomic E-state index is 13.0. The first kappa shape index (κ1) is 25.6. The van der Waals surface area contributed by atoms with Crippen molar-refractivity contribution in [1.29, 1.82) is 0 Å². The number of para-hydroxylation sites is 1. The molecule has 188 valence electrons. The molecule has 0 radical (unpaired) electrons. The molecule has 3 rings (SSSR count). The summed E-state index contributed by atoms with van der Waals surface area (Å²) in [4.78, 5) is 38.7. The van der Waals surface area contributed by atoms with Crippen LogP contribution < -0.4 is 24.3 Å². The van der Waals surface area contributed by atoms with E-state index in [0.717, 1.165) is 5.56 Å². The molecular formula is C24H29N3O8. The molecule has 2 amide bonds. The van der Waals surface area contributed by atoms with Gasteiger partial charge in [0.1, 0.15) is 11.3 Å². The van der Waals surface area contributed by atoms with Crippen LogP contribution >= 0.6 is 0 Å². The summed E-state index contributed by atoms with van der Waals surface area (Å²) in [5.74, 6) is -0.0278. The maximum Gasteiger partial charge on any atom is 0.327 e. The number of hydrogen-bond acceptors (Lipinski definition) is 8. The van der Waals surface area contributed by atoms with Crippen LogP contribution in [0.25, 0.3) is 0 Å². The Morgan fingerprint density at radius 1 is 1.00 bits per heavy atom. The van der Waals surface area contributed by atoms with Gasteiger partial charge in [0, 0.05) is 30.8 Å². The second-order valence-corrected chi connectivity index (χ2v) is 7.92. The Morgan fingerprint density at radius 2 is 1.63 bits per heavy atom. The lowest BCUT2D eigenvalue weighted by molar-refractivity contribution is -0.386. The monoisotopic (exact) mass is 487 g/mol. The molecule has 1 aliphatic rings. The van der Waals surface area contributed by atoms with Crippen molar-refractivity contribution in [3.63, 3.8) is 0 Å². The molecule has 1 heterocycles. The van der Waals surface area contributed by atoms with Gasteiger partial charge in [-0.05, 0) is 18.9 Å². The van der Waals surface area contributed by atoms with Crippen molar-refractivity contribution >= 4 is 17.5 Å². The lowest BCUT2D eigenvalue weighted by atomic mass is 10.0. The number of carbonyl (C=O) groups is 2. The Morgan fingerprint density at radius 3 is 2.20 bits per heavy atom. The van der Waals surface area contributed by atoms with E-state index in [2.05, 4.69) is 5.32 Å². The second-order valence-electron chi connectivity index (χ2n) is 7.92. The molecule has 0 aliphatic carbocycles. The third-order valence-electron chi connectivity index (χ3n) is 5.95. The van der Waals surface area contributed by atoms with Crippen molar-refractivity contribution in [1.82, 2.24) is 10.2 Å². The number of nitrogens with one attached hydrogen (secondary N) is 1.